The minimum Gasteiger partial charge on any atom is -0.481 e. The van der Waals surface area contributed by atoms with Gasteiger partial charge in [0.2, 0.25) is 0 Å². The Bertz CT molecular complexity index is 502. The second-order valence-corrected chi connectivity index (χ2v) is 6.95. The molecule has 108 valence electrons. The fourth-order valence-corrected chi connectivity index (χ4v) is 4.26. The Morgan fingerprint density at radius 1 is 1.45 bits per heavy atom. The molecule has 1 aliphatic heterocycles. The summed E-state index contributed by atoms with van der Waals surface area (Å²) in [4.78, 5) is 15.3. The van der Waals surface area contributed by atoms with E-state index in [-0.39, 0.29) is 0 Å². The summed E-state index contributed by atoms with van der Waals surface area (Å²) in [5.74, 6) is -0.231. The van der Waals surface area contributed by atoms with Crippen LogP contribution in [0.1, 0.15) is 24.8 Å². The lowest BCUT2D eigenvalue weighted by Crippen LogP contribution is -2.35. The van der Waals surface area contributed by atoms with Crippen LogP contribution in [0.2, 0.25) is 0 Å². The summed E-state index contributed by atoms with van der Waals surface area (Å²) in [6, 6.07) is 8.61. The van der Waals surface area contributed by atoms with Gasteiger partial charge in [-0.2, -0.15) is 0 Å². The van der Waals surface area contributed by atoms with Gasteiger partial charge < -0.3 is 5.11 Å². The Balaban J connectivity index is 1.69. The maximum Gasteiger partial charge on any atom is 0.311 e. The maximum absolute atomic E-state index is 11.7. The highest BCUT2D eigenvalue weighted by Crippen LogP contribution is 2.49. The first-order chi connectivity index (χ1) is 9.64. The molecule has 1 saturated carbocycles. The van der Waals surface area contributed by atoms with Crippen LogP contribution in [0.15, 0.2) is 29.2 Å². The van der Waals surface area contributed by atoms with E-state index in [4.69, 9.17) is 0 Å². The fourth-order valence-electron chi connectivity index (χ4n) is 3.85. The number of nitrogens with zero attached hydrogens (tertiary/aromatic N) is 1. The number of hydrogen-bond donors (Lipinski definition) is 1. The third kappa shape index (κ3) is 2.35. The Labute approximate surface area is 124 Å². The number of aliphatic carboxylic acids is 1. The highest BCUT2D eigenvalue weighted by atomic mass is 32.2. The van der Waals surface area contributed by atoms with E-state index in [2.05, 4.69) is 35.4 Å². The molecule has 20 heavy (non-hydrogen) atoms. The lowest BCUT2D eigenvalue weighted by Gasteiger charge is -2.23. The average molecular weight is 291 g/mol. The summed E-state index contributed by atoms with van der Waals surface area (Å²) in [5, 5.41) is 9.60. The number of carboxylic acids is 1. The normalized spacial score (nSPS) is 29.6. The standard InChI is InChI=1S/C16H21NO2S/c1-20-14-6-4-12(5-7-14)9-17-10-13-3-2-8-16(13,11-17)15(18)19/h4-7,13H,2-3,8-11H2,1H3,(H,18,19)/t13-,16+/m0/s1. The zero-order valence-corrected chi connectivity index (χ0v) is 12.7. The zero-order valence-electron chi connectivity index (χ0n) is 11.8. The molecular weight excluding hydrogens is 270 g/mol. The third-order valence-electron chi connectivity index (χ3n) is 4.93. The van der Waals surface area contributed by atoms with Crippen molar-refractivity contribution in [3.05, 3.63) is 29.8 Å². The summed E-state index contributed by atoms with van der Waals surface area (Å²) in [7, 11) is 0. The number of fused-ring (bicyclic) bond motifs is 1. The second-order valence-electron chi connectivity index (χ2n) is 6.07. The van der Waals surface area contributed by atoms with E-state index in [1.165, 1.54) is 10.5 Å². The van der Waals surface area contributed by atoms with Crippen molar-refractivity contribution in [2.75, 3.05) is 19.3 Å². The molecule has 1 saturated heterocycles. The van der Waals surface area contributed by atoms with Gasteiger partial charge in [0.1, 0.15) is 0 Å². The number of hydrogen-bond acceptors (Lipinski definition) is 3. The first kappa shape index (κ1) is 14.0. The summed E-state index contributed by atoms with van der Waals surface area (Å²) in [5.41, 5.74) is 0.822. The number of likely N-dealkylation sites (tertiary alicyclic amines) is 1. The first-order valence-corrected chi connectivity index (χ1v) is 8.45. The summed E-state index contributed by atoms with van der Waals surface area (Å²) in [6.07, 6.45) is 5.09. The molecule has 3 nitrogen and oxygen atoms in total. The molecule has 3 rings (SSSR count). The Morgan fingerprint density at radius 3 is 2.80 bits per heavy atom. The van der Waals surface area contributed by atoms with Crippen LogP contribution in [0.5, 0.6) is 0 Å². The number of carbonyl (C=O) groups is 1. The van der Waals surface area contributed by atoms with Gasteiger partial charge >= 0.3 is 5.97 Å². The quantitative estimate of drug-likeness (QED) is 0.865. The van der Waals surface area contributed by atoms with Gasteiger partial charge in [-0.05, 0) is 42.7 Å². The van der Waals surface area contributed by atoms with Gasteiger partial charge in [0.05, 0.1) is 5.41 Å². The molecular formula is C16H21NO2S. The van der Waals surface area contributed by atoms with Crippen LogP contribution in [-0.2, 0) is 11.3 Å². The van der Waals surface area contributed by atoms with Gasteiger partial charge in [0.25, 0.3) is 0 Å². The van der Waals surface area contributed by atoms with Crippen molar-refractivity contribution < 1.29 is 9.90 Å². The van der Waals surface area contributed by atoms with Crippen LogP contribution in [0.25, 0.3) is 0 Å². The van der Waals surface area contributed by atoms with Crippen molar-refractivity contribution in [2.45, 2.75) is 30.7 Å². The molecule has 0 amide bonds. The Kier molecular flexibility index (Phi) is 3.78. The summed E-state index contributed by atoms with van der Waals surface area (Å²) >= 11 is 1.75. The molecule has 0 aromatic heterocycles. The molecule has 1 aromatic carbocycles. The van der Waals surface area contributed by atoms with E-state index in [1.54, 1.807) is 11.8 Å². The monoisotopic (exact) mass is 291 g/mol. The molecule has 2 aliphatic rings. The molecule has 0 bridgehead atoms. The van der Waals surface area contributed by atoms with Crippen LogP contribution in [0.3, 0.4) is 0 Å². The van der Waals surface area contributed by atoms with Crippen LogP contribution < -0.4 is 0 Å². The molecule has 0 spiro atoms. The zero-order chi connectivity index (χ0) is 14.2. The lowest BCUT2D eigenvalue weighted by atomic mass is 9.81. The molecule has 1 N–H and O–H groups in total. The number of carboxylic acid groups (broad SMARTS) is 1. The minimum atomic E-state index is -0.583. The van der Waals surface area contributed by atoms with Gasteiger partial charge in [-0.15, -0.1) is 11.8 Å². The number of thioether (sulfide) groups is 1. The summed E-state index contributed by atoms with van der Waals surface area (Å²) in [6.45, 7) is 2.54. The summed E-state index contributed by atoms with van der Waals surface area (Å²) < 4.78 is 0. The lowest BCUT2D eigenvalue weighted by molar-refractivity contribution is -0.149. The first-order valence-electron chi connectivity index (χ1n) is 7.23. The predicted octanol–water partition coefficient (Wildman–Crippen LogP) is 3.10. The van der Waals surface area contributed by atoms with Crippen LogP contribution in [0.4, 0.5) is 0 Å². The third-order valence-corrected chi connectivity index (χ3v) is 5.68. The van der Waals surface area contributed by atoms with Gasteiger partial charge in [0, 0.05) is 24.5 Å². The Morgan fingerprint density at radius 2 is 2.20 bits per heavy atom. The van der Waals surface area contributed by atoms with Gasteiger partial charge in [0.15, 0.2) is 0 Å². The van der Waals surface area contributed by atoms with Crippen molar-refractivity contribution in [2.24, 2.45) is 11.3 Å². The number of benzene rings is 1. The predicted molar refractivity (Wildman–Crippen MR) is 80.9 cm³/mol. The van der Waals surface area contributed by atoms with Gasteiger partial charge in [-0.3, -0.25) is 9.69 Å². The molecule has 1 heterocycles. The van der Waals surface area contributed by atoms with Gasteiger partial charge in [-0.1, -0.05) is 18.6 Å². The molecule has 1 aliphatic carbocycles. The van der Waals surface area contributed by atoms with E-state index in [0.717, 1.165) is 38.9 Å². The average Bonchev–Trinajstić information content (AvgIpc) is 2.97. The smallest absolute Gasteiger partial charge is 0.311 e. The van der Waals surface area contributed by atoms with E-state index in [1.807, 2.05) is 0 Å². The molecule has 0 unspecified atom stereocenters. The van der Waals surface area contributed by atoms with Gasteiger partial charge in [-0.25, -0.2) is 0 Å². The van der Waals surface area contributed by atoms with Crippen LogP contribution in [0, 0.1) is 11.3 Å². The molecule has 1 aromatic rings. The maximum atomic E-state index is 11.7. The van der Waals surface area contributed by atoms with E-state index < -0.39 is 11.4 Å². The van der Waals surface area contributed by atoms with Crippen molar-refractivity contribution in [3.63, 3.8) is 0 Å². The van der Waals surface area contributed by atoms with E-state index in [9.17, 15) is 9.90 Å². The largest absolute Gasteiger partial charge is 0.481 e. The highest BCUT2D eigenvalue weighted by Gasteiger charge is 2.54. The van der Waals surface area contributed by atoms with Crippen molar-refractivity contribution in [3.8, 4) is 0 Å². The van der Waals surface area contributed by atoms with E-state index >= 15 is 0 Å². The molecule has 0 radical (unpaired) electrons. The minimum absolute atomic E-state index is 0.352. The van der Waals surface area contributed by atoms with Crippen molar-refractivity contribution in [1.29, 1.82) is 0 Å². The van der Waals surface area contributed by atoms with Crippen LogP contribution >= 0.6 is 11.8 Å². The molecule has 4 heteroatoms. The van der Waals surface area contributed by atoms with Crippen molar-refractivity contribution >= 4 is 17.7 Å². The van der Waals surface area contributed by atoms with E-state index in [0.29, 0.717) is 5.92 Å². The SMILES string of the molecule is CSc1ccc(CN2C[C@@H]3CCC[C@@]3(C(=O)O)C2)cc1. The molecule has 2 fully saturated rings. The number of rotatable bonds is 4. The van der Waals surface area contributed by atoms with Crippen LogP contribution in [-0.4, -0.2) is 35.3 Å². The van der Waals surface area contributed by atoms with Crippen molar-refractivity contribution in [1.82, 2.24) is 4.90 Å². The Hall–Kier alpha value is -1.00. The second kappa shape index (κ2) is 5.41. The highest BCUT2D eigenvalue weighted by molar-refractivity contribution is 7.98. The fraction of sp³-hybridized carbons (Fsp3) is 0.562. The topological polar surface area (TPSA) is 40.5 Å². The molecule has 2 atom stereocenters.